The highest BCUT2D eigenvalue weighted by Crippen LogP contribution is 2.40. The van der Waals surface area contributed by atoms with Crippen LogP contribution in [0.5, 0.6) is 0 Å². The first-order valence-electron chi connectivity index (χ1n) is 14.6. The molecule has 0 spiro atoms. The molecule has 43 heavy (non-hydrogen) atoms. The van der Waals surface area contributed by atoms with Crippen molar-refractivity contribution in [2.24, 2.45) is 11.1 Å². The predicted octanol–water partition coefficient (Wildman–Crippen LogP) is 5.55. The number of esters is 2. The minimum absolute atomic E-state index is 0.00276. The predicted molar refractivity (Wildman–Crippen MR) is 169 cm³/mol. The van der Waals surface area contributed by atoms with E-state index in [0.717, 1.165) is 23.1 Å². The van der Waals surface area contributed by atoms with Crippen LogP contribution in [0.2, 0.25) is 0 Å². The highest BCUT2D eigenvalue weighted by Gasteiger charge is 2.34. The van der Waals surface area contributed by atoms with E-state index in [2.05, 4.69) is 39.8 Å². The van der Waals surface area contributed by atoms with Crippen molar-refractivity contribution in [1.82, 2.24) is 4.90 Å². The fraction of sp³-hybridized carbons (Fsp3) is 0.429. The van der Waals surface area contributed by atoms with E-state index in [9.17, 15) is 19.2 Å². The zero-order valence-corrected chi connectivity index (χ0v) is 26.3. The summed E-state index contributed by atoms with van der Waals surface area (Å²) in [6, 6.07) is 6.29. The van der Waals surface area contributed by atoms with Crippen molar-refractivity contribution in [3.63, 3.8) is 0 Å². The number of rotatable bonds is 14. The molecular weight excluding hydrogens is 544 g/mol. The molecule has 232 valence electrons. The van der Waals surface area contributed by atoms with E-state index < -0.39 is 36.4 Å². The molecule has 2 unspecified atom stereocenters. The summed E-state index contributed by atoms with van der Waals surface area (Å²) < 4.78 is 10.0. The Balaban J connectivity index is 1.90. The summed E-state index contributed by atoms with van der Waals surface area (Å²) in [7, 11) is 1.17. The molecule has 1 aliphatic rings. The average molecular weight is 591 g/mol. The number of ether oxygens (including phenoxy) is 2. The van der Waals surface area contributed by atoms with E-state index in [4.69, 9.17) is 15.2 Å². The Morgan fingerprint density at radius 2 is 1.79 bits per heavy atom. The van der Waals surface area contributed by atoms with Crippen LogP contribution in [-0.2, 0) is 35.1 Å². The normalized spacial score (nSPS) is 17.1. The third-order valence-corrected chi connectivity index (χ3v) is 7.58. The van der Waals surface area contributed by atoms with Crippen molar-refractivity contribution < 1.29 is 28.7 Å². The Morgan fingerprint density at radius 1 is 1.09 bits per heavy atom. The molecular formula is C35H46N2O6. The number of carbonyl (C=O) groups is 4. The van der Waals surface area contributed by atoms with E-state index in [0.29, 0.717) is 4.90 Å². The standard InChI is InChI=1S/C35H46N2O6/c1-25(17-18-29-27(3)14-11-20-35(29,4)5)12-10-13-26(2)19-21-43-32(39)23-30(36)33(40)37(24-38)31(34(41)42-6)22-28-15-8-7-9-16-28/h7-10,12-13,15-19,24,30-31H,11,14,20-23,36H2,1-6H3/b13-10?,18-17?,25-12?,26-19+. The molecule has 2 amide bonds. The quantitative estimate of drug-likeness (QED) is 0.172. The van der Waals surface area contributed by atoms with E-state index >= 15 is 0 Å². The lowest BCUT2D eigenvalue weighted by molar-refractivity contribution is -0.157. The van der Waals surface area contributed by atoms with Gasteiger partial charge in [0, 0.05) is 6.42 Å². The van der Waals surface area contributed by atoms with E-state index in [1.54, 1.807) is 30.3 Å². The van der Waals surface area contributed by atoms with E-state index in [1.807, 2.05) is 31.2 Å². The molecule has 1 aliphatic carbocycles. The van der Waals surface area contributed by atoms with Gasteiger partial charge in [0.05, 0.1) is 19.6 Å². The minimum Gasteiger partial charge on any atom is -0.467 e. The number of benzene rings is 1. The van der Waals surface area contributed by atoms with Gasteiger partial charge in [-0.1, -0.05) is 91.3 Å². The molecule has 0 radical (unpaired) electrons. The molecule has 2 N–H and O–H groups in total. The van der Waals surface area contributed by atoms with Crippen LogP contribution in [0.1, 0.15) is 65.9 Å². The molecule has 0 fully saturated rings. The second kappa shape index (κ2) is 17.2. The lowest BCUT2D eigenvalue weighted by Gasteiger charge is -2.32. The number of allylic oxidation sites excluding steroid dienone is 9. The molecule has 1 aromatic carbocycles. The molecule has 0 bridgehead atoms. The van der Waals surface area contributed by atoms with E-state index in [1.165, 1.54) is 31.1 Å². The number of nitrogens with zero attached hydrogens (tertiary/aromatic N) is 1. The average Bonchev–Trinajstić information content (AvgIpc) is 2.96. The Hall–Kier alpha value is -4.04. The molecule has 0 heterocycles. The van der Waals surface area contributed by atoms with Gasteiger partial charge in [-0.2, -0.15) is 0 Å². The van der Waals surface area contributed by atoms with Crippen LogP contribution in [0.3, 0.4) is 0 Å². The number of methoxy groups -OCH3 is 1. The maximum atomic E-state index is 12.9. The summed E-state index contributed by atoms with van der Waals surface area (Å²) in [5.41, 5.74) is 11.8. The smallest absolute Gasteiger partial charge is 0.329 e. The van der Waals surface area contributed by atoms with Gasteiger partial charge in [0.2, 0.25) is 12.3 Å². The van der Waals surface area contributed by atoms with Gasteiger partial charge in [-0.3, -0.25) is 19.3 Å². The first-order valence-corrected chi connectivity index (χ1v) is 14.6. The second-order valence-electron chi connectivity index (χ2n) is 11.6. The molecule has 0 saturated heterocycles. The largest absolute Gasteiger partial charge is 0.467 e. The summed E-state index contributed by atoms with van der Waals surface area (Å²) in [4.78, 5) is 50.2. The second-order valence-corrected chi connectivity index (χ2v) is 11.6. The molecule has 1 aromatic rings. The van der Waals surface area contributed by atoms with Crippen LogP contribution in [0.25, 0.3) is 0 Å². The first-order chi connectivity index (χ1) is 20.4. The van der Waals surface area contributed by atoms with Gasteiger partial charge < -0.3 is 15.2 Å². The van der Waals surface area contributed by atoms with Gasteiger partial charge in [0.1, 0.15) is 12.6 Å². The lowest BCUT2D eigenvalue weighted by atomic mass is 9.72. The van der Waals surface area contributed by atoms with Gasteiger partial charge in [-0.15, -0.1) is 0 Å². The summed E-state index contributed by atoms with van der Waals surface area (Å²) in [6.45, 7) is 10.8. The number of amides is 2. The lowest BCUT2D eigenvalue weighted by Crippen LogP contribution is -2.52. The Morgan fingerprint density at radius 3 is 2.42 bits per heavy atom. The van der Waals surface area contributed by atoms with Crippen LogP contribution in [0, 0.1) is 5.41 Å². The molecule has 0 aliphatic heterocycles. The summed E-state index contributed by atoms with van der Waals surface area (Å²) in [6.07, 6.45) is 15.4. The van der Waals surface area contributed by atoms with Crippen LogP contribution in [0.4, 0.5) is 0 Å². The van der Waals surface area contributed by atoms with Crippen molar-refractivity contribution in [2.45, 2.75) is 78.8 Å². The minimum atomic E-state index is -1.37. The number of carbonyl (C=O) groups excluding carboxylic acids is 4. The van der Waals surface area contributed by atoms with Gasteiger partial charge in [0.15, 0.2) is 0 Å². The molecule has 0 saturated carbocycles. The van der Waals surface area contributed by atoms with Crippen LogP contribution < -0.4 is 5.73 Å². The maximum Gasteiger partial charge on any atom is 0.329 e. The number of hydrogen-bond donors (Lipinski definition) is 1. The van der Waals surface area contributed by atoms with Gasteiger partial charge in [-0.05, 0) is 62.7 Å². The van der Waals surface area contributed by atoms with Crippen molar-refractivity contribution in [2.75, 3.05) is 13.7 Å². The van der Waals surface area contributed by atoms with Gasteiger partial charge in [0.25, 0.3) is 0 Å². The van der Waals surface area contributed by atoms with Gasteiger partial charge in [-0.25, -0.2) is 4.79 Å². The first kappa shape index (κ1) is 35.2. The zero-order chi connectivity index (χ0) is 32.0. The van der Waals surface area contributed by atoms with Crippen molar-refractivity contribution in [1.29, 1.82) is 0 Å². The van der Waals surface area contributed by atoms with Crippen LogP contribution in [0.15, 0.2) is 89.1 Å². The fourth-order valence-corrected chi connectivity index (χ4v) is 5.03. The molecule has 8 heteroatoms. The summed E-state index contributed by atoms with van der Waals surface area (Å²) in [5.74, 6) is -2.34. The number of hydrogen-bond acceptors (Lipinski definition) is 7. The Kier molecular flexibility index (Phi) is 14.0. The highest BCUT2D eigenvalue weighted by molar-refractivity contribution is 5.96. The van der Waals surface area contributed by atoms with Crippen LogP contribution in [-0.4, -0.2) is 55.0 Å². The summed E-state index contributed by atoms with van der Waals surface area (Å²) in [5, 5.41) is 0. The Bertz CT molecular complexity index is 1290. The topological polar surface area (TPSA) is 116 Å². The van der Waals surface area contributed by atoms with Crippen LogP contribution >= 0.6 is 0 Å². The van der Waals surface area contributed by atoms with Crippen molar-refractivity contribution in [3.8, 4) is 0 Å². The molecule has 8 nitrogen and oxygen atoms in total. The Labute approximate surface area is 256 Å². The highest BCUT2D eigenvalue weighted by atomic mass is 16.5. The molecule has 2 atom stereocenters. The number of imide groups is 1. The SMILES string of the molecule is COC(=O)C(Cc1ccccc1)N(C=O)C(=O)C(N)CC(=O)OC/C=C(\C)C=CC=C(C)C=CC1=C(C)CCCC1(C)C. The maximum absolute atomic E-state index is 12.9. The fourth-order valence-electron chi connectivity index (χ4n) is 5.03. The third-order valence-electron chi connectivity index (χ3n) is 7.58. The number of nitrogens with two attached hydrogens (primary N) is 1. The van der Waals surface area contributed by atoms with Crippen molar-refractivity contribution in [3.05, 3.63) is 94.6 Å². The van der Waals surface area contributed by atoms with Crippen molar-refractivity contribution >= 4 is 24.3 Å². The molecule has 0 aromatic heterocycles. The molecule has 2 rings (SSSR count). The third kappa shape index (κ3) is 11.3. The zero-order valence-electron chi connectivity index (χ0n) is 26.3. The van der Waals surface area contributed by atoms with E-state index in [-0.39, 0.29) is 24.9 Å². The monoisotopic (exact) mass is 590 g/mol. The summed E-state index contributed by atoms with van der Waals surface area (Å²) >= 11 is 0. The van der Waals surface area contributed by atoms with Gasteiger partial charge >= 0.3 is 11.9 Å².